The third-order valence-electron chi connectivity index (χ3n) is 11.1. The Morgan fingerprint density at radius 3 is 1.42 bits per heavy atom. The van der Waals surface area contributed by atoms with Gasteiger partial charge < -0.3 is 0 Å². The second kappa shape index (κ2) is 13.4. The van der Waals surface area contributed by atoms with Gasteiger partial charge in [-0.05, 0) is 90.9 Å². The van der Waals surface area contributed by atoms with Gasteiger partial charge in [-0.25, -0.2) is 15.0 Å². The summed E-state index contributed by atoms with van der Waals surface area (Å²) in [6, 6.07) is 60.7. The fraction of sp³-hybridized carbons (Fsp3) is 0.135. The molecule has 0 amide bonds. The second-order valence-electron chi connectivity index (χ2n) is 16.1. The van der Waals surface area contributed by atoms with E-state index in [-0.39, 0.29) is 10.8 Å². The number of aromatic nitrogens is 3. The molecule has 3 heteroatoms. The molecule has 1 aliphatic carbocycles. The molecule has 1 aliphatic rings. The minimum atomic E-state index is -0.106. The predicted molar refractivity (Wildman–Crippen MR) is 229 cm³/mol. The zero-order valence-electron chi connectivity index (χ0n) is 32.0. The van der Waals surface area contributed by atoms with E-state index < -0.39 is 0 Å². The third-order valence-corrected chi connectivity index (χ3v) is 11.1. The van der Waals surface area contributed by atoms with E-state index in [9.17, 15) is 0 Å². The Bertz CT molecular complexity index is 2630. The first-order valence-corrected chi connectivity index (χ1v) is 19.1. The lowest BCUT2D eigenvalue weighted by molar-refractivity contribution is 0.592. The third kappa shape index (κ3) is 6.36. The first-order valence-electron chi connectivity index (χ1n) is 19.1. The minimum absolute atomic E-state index is 0.0338. The summed E-state index contributed by atoms with van der Waals surface area (Å²) in [5.41, 5.74) is 16.5. The van der Waals surface area contributed by atoms with Crippen molar-refractivity contribution in [2.24, 2.45) is 0 Å². The molecule has 9 rings (SSSR count). The quantitative estimate of drug-likeness (QED) is 0.172. The average Bonchev–Trinajstić information content (AvgIpc) is 3.46. The van der Waals surface area contributed by atoms with Crippen LogP contribution < -0.4 is 0 Å². The lowest BCUT2D eigenvalue weighted by atomic mass is 9.81. The highest BCUT2D eigenvalue weighted by Gasteiger charge is 2.35. The molecular weight excluding hydrogens is 667 g/mol. The van der Waals surface area contributed by atoms with Crippen LogP contribution in [0.15, 0.2) is 170 Å². The van der Waals surface area contributed by atoms with Gasteiger partial charge in [0.05, 0.1) is 0 Å². The summed E-state index contributed by atoms with van der Waals surface area (Å²) in [5, 5.41) is 0. The highest BCUT2D eigenvalue weighted by Crippen LogP contribution is 2.50. The Morgan fingerprint density at radius 2 is 0.800 bits per heavy atom. The van der Waals surface area contributed by atoms with Crippen LogP contribution in [0.5, 0.6) is 0 Å². The number of nitrogens with zero attached hydrogens (tertiary/aromatic N) is 3. The molecule has 8 aromatic rings. The average molecular weight is 710 g/mol. The fourth-order valence-electron chi connectivity index (χ4n) is 8.14. The molecule has 0 radical (unpaired) electrons. The van der Waals surface area contributed by atoms with Crippen LogP contribution >= 0.6 is 0 Å². The van der Waals surface area contributed by atoms with E-state index in [0.717, 1.165) is 33.4 Å². The topological polar surface area (TPSA) is 38.7 Å². The SMILES string of the molecule is CC(C)(C)c1ccccc1-c1ccc(-c2cc(-c3ccc4c(c3)C(C)(C)c3ccccc3-4)cc(-c3nc(-c4ccccc4)nc(-c4ccccc4)n3)c2)cc1. The van der Waals surface area contributed by atoms with Crippen molar-refractivity contribution >= 4 is 0 Å². The van der Waals surface area contributed by atoms with Crippen LogP contribution in [0.4, 0.5) is 0 Å². The summed E-state index contributed by atoms with van der Waals surface area (Å²) in [6.45, 7) is 11.5. The second-order valence-corrected chi connectivity index (χ2v) is 16.1. The summed E-state index contributed by atoms with van der Waals surface area (Å²) in [5.74, 6) is 1.94. The standard InChI is InChI=1S/C52H43N3/c1-51(2,3)45-22-14-12-20-42(45)35-26-24-34(25-27-35)39-30-40(38-28-29-44-43-21-13-15-23-46(43)52(4,5)47(44)33-38)32-41(31-39)50-54-48(36-16-8-6-9-17-36)53-49(55-50)37-18-10-7-11-19-37/h6-33H,1-5H3. The number of hydrogen-bond acceptors (Lipinski definition) is 3. The van der Waals surface area contributed by atoms with Gasteiger partial charge in [0.1, 0.15) is 0 Å². The summed E-state index contributed by atoms with van der Waals surface area (Å²) >= 11 is 0. The van der Waals surface area contributed by atoms with Crippen molar-refractivity contribution in [1.29, 1.82) is 0 Å². The maximum Gasteiger partial charge on any atom is 0.164 e. The molecule has 1 aromatic heterocycles. The first kappa shape index (κ1) is 34.3. The van der Waals surface area contributed by atoms with Crippen LogP contribution in [0.1, 0.15) is 51.3 Å². The van der Waals surface area contributed by atoms with Gasteiger partial charge in [0.25, 0.3) is 0 Å². The molecule has 3 nitrogen and oxygen atoms in total. The van der Waals surface area contributed by atoms with Crippen LogP contribution in [0, 0.1) is 0 Å². The first-order chi connectivity index (χ1) is 26.6. The van der Waals surface area contributed by atoms with Crippen LogP contribution in [0.3, 0.4) is 0 Å². The Kier molecular flexibility index (Phi) is 8.39. The summed E-state index contributed by atoms with van der Waals surface area (Å²) in [4.78, 5) is 15.3. The minimum Gasteiger partial charge on any atom is -0.208 e. The smallest absolute Gasteiger partial charge is 0.164 e. The van der Waals surface area contributed by atoms with Crippen LogP contribution in [0.2, 0.25) is 0 Å². The van der Waals surface area contributed by atoms with Gasteiger partial charge in [0.2, 0.25) is 0 Å². The Labute approximate surface area is 324 Å². The van der Waals surface area contributed by atoms with Crippen molar-refractivity contribution in [3.05, 3.63) is 187 Å². The molecule has 0 atom stereocenters. The molecule has 0 N–H and O–H groups in total. The van der Waals surface area contributed by atoms with Gasteiger partial charge >= 0.3 is 0 Å². The molecule has 0 bridgehead atoms. The van der Waals surface area contributed by atoms with Crippen LogP contribution in [0.25, 0.3) is 78.7 Å². The number of fused-ring (bicyclic) bond motifs is 3. The van der Waals surface area contributed by atoms with Crippen molar-refractivity contribution in [2.75, 3.05) is 0 Å². The van der Waals surface area contributed by atoms with Crippen LogP contribution in [-0.4, -0.2) is 15.0 Å². The van der Waals surface area contributed by atoms with Crippen LogP contribution in [-0.2, 0) is 10.8 Å². The summed E-state index contributed by atoms with van der Waals surface area (Å²) < 4.78 is 0. The zero-order chi connectivity index (χ0) is 37.7. The molecule has 0 spiro atoms. The molecular formula is C52H43N3. The Balaban J connectivity index is 1.22. The van der Waals surface area contributed by atoms with Gasteiger partial charge in [-0.2, -0.15) is 0 Å². The van der Waals surface area contributed by atoms with Crippen molar-refractivity contribution in [3.8, 4) is 78.7 Å². The maximum absolute atomic E-state index is 5.14. The van der Waals surface area contributed by atoms with E-state index in [1.54, 1.807) is 0 Å². The van der Waals surface area contributed by atoms with E-state index in [2.05, 4.69) is 168 Å². The van der Waals surface area contributed by atoms with E-state index in [4.69, 9.17) is 15.0 Å². The number of benzene rings is 7. The molecule has 266 valence electrons. The van der Waals surface area contributed by atoms with Gasteiger partial charge in [-0.3, -0.25) is 0 Å². The number of rotatable bonds is 6. The number of hydrogen-bond donors (Lipinski definition) is 0. The predicted octanol–water partition coefficient (Wildman–Crippen LogP) is 13.5. The molecule has 0 saturated heterocycles. The lowest BCUT2D eigenvalue weighted by Crippen LogP contribution is -2.14. The van der Waals surface area contributed by atoms with Gasteiger partial charge in [0, 0.05) is 22.1 Å². The van der Waals surface area contributed by atoms with E-state index in [1.807, 2.05) is 36.4 Å². The molecule has 0 aliphatic heterocycles. The molecule has 0 fully saturated rings. The van der Waals surface area contributed by atoms with Gasteiger partial charge in [-0.15, -0.1) is 0 Å². The fourth-order valence-corrected chi connectivity index (χ4v) is 8.14. The van der Waals surface area contributed by atoms with Crippen molar-refractivity contribution in [2.45, 2.75) is 45.4 Å². The maximum atomic E-state index is 5.14. The normalized spacial score (nSPS) is 13.0. The summed E-state index contributed by atoms with van der Waals surface area (Å²) in [7, 11) is 0. The molecule has 7 aromatic carbocycles. The highest BCUT2D eigenvalue weighted by molar-refractivity contribution is 5.86. The Morgan fingerprint density at radius 1 is 0.345 bits per heavy atom. The van der Waals surface area contributed by atoms with Crippen molar-refractivity contribution in [1.82, 2.24) is 15.0 Å². The van der Waals surface area contributed by atoms with Gasteiger partial charge in [0.15, 0.2) is 17.5 Å². The van der Waals surface area contributed by atoms with E-state index in [1.165, 1.54) is 44.5 Å². The van der Waals surface area contributed by atoms with E-state index >= 15 is 0 Å². The molecule has 55 heavy (non-hydrogen) atoms. The van der Waals surface area contributed by atoms with Crippen molar-refractivity contribution in [3.63, 3.8) is 0 Å². The molecule has 1 heterocycles. The summed E-state index contributed by atoms with van der Waals surface area (Å²) in [6.07, 6.45) is 0. The highest BCUT2D eigenvalue weighted by atomic mass is 15.0. The van der Waals surface area contributed by atoms with E-state index in [0.29, 0.717) is 17.5 Å². The molecule has 0 saturated carbocycles. The van der Waals surface area contributed by atoms with Gasteiger partial charge in [-0.1, -0.05) is 180 Å². The monoisotopic (exact) mass is 709 g/mol. The largest absolute Gasteiger partial charge is 0.208 e. The van der Waals surface area contributed by atoms with Crippen molar-refractivity contribution < 1.29 is 0 Å². The molecule has 0 unspecified atom stereocenters. The Hall–Kier alpha value is -6.45. The zero-order valence-corrected chi connectivity index (χ0v) is 32.0. The lowest BCUT2D eigenvalue weighted by Gasteiger charge is -2.23.